The Bertz CT molecular complexity index is 2710. The molecular formula is C39H29N7Na2O14S. The molecule has 63 heavy (non-hydrogen) atoms. The van der Waals surface area contributed by atoms with E-state index < -0.39 is 56.5 Å². The summed E-state index contributed by atoms with van der Waals surface area (Å²) in [6, 6.07) is 25.1. The number of azo groups is 2. The van der Waals surface area contributed by atoms with E-state index in [1.54, 1.807) is 12.1 Å². The zero-order valence-electron chi connectivity index (χ0n) is 32.7. The third-order valence-electron chi connectivity index (χ3n) is 7.47. The first-order valence-corrected chi connectivity index (χ1v) is 18.2. The number of rotatable bonds is 11. The Kier molecular flexibility index (Phi) is 19.8. The van der Waals surface area contributed by atoms with E-state index in [1.807, 2.05) is 0 Å². The van der Waals surface area contributed by atoms with Crippen molar-refractivity contribution in [3.63, 3.8) is 0 Å². The number of anilines is 2. The predicted octanol–water partition coefficient (Wildman–Crippen LogP) is -1.38. The molecule has 0 radical (unpaired) electrons. The van der Waals surface area contributed by atoms with Crippen LogP contribution in [0.2, 0.25) is 0 Å². The molecule has 0 unspecified atom stereocenters. The minimum absolute atomic E-state index is 0. The Morgan fingerprint density at radius 1 is 0.540 bits per heavy atom. The maximum atomic E-state index is 12.3. The maximum Gasteiger partial charge on any atom is 1.00 e. The van der Waals surface area contributed by atoms with Gasteiger partial charge in [0.05, 0.1) is 39.6 Å². The number of sulfonamides is 1. The van der Waals surface area contributed by atoms with Gasteiger partial charge in [-0.05, 0) is 109 Å². The molecule has 6 rings (SSSR count). The van der Waals surface area contributed by atoms with E-state index >= 15 is 0 Å². The Balaban J connectivity index is 0.000000348. The minimum Gasteiger partial charge on any atom is -0.545 e. The van der Waals surface area contributed by atoms with Crippen molar-refractivity contribution in [1.82, 2.24) is 4.98 Å². The summed E-state index contributed by atoms with van der Waals surface area (Å²) in [5.41, 5.74) is 5.06. The zero-order chi connectivity index (χ0) is 44.9. The topological polar surface area (TPSA) is 370 Å². The molecule has 0 amide bonds. The number of phenols is 4. The number of benzene rings is 5. The van der Waals surface area contributed by atoms with Crippen molar-refractivity contribution < 1.29 is 128 Å². The first kappa shape index (κ1) is 52.2. The van der Waals surface area contributed by atoms with Crippen LogP contribution in [0.15, 0.2) is 147 Å². The summed E-state index contributed by atoms with van der Waals surface area (Å²) in [5, 5.41) is 91.4. The van der Waals surface area contributed by atoms with E-state index in [0.717, 1.165) is 24.3 Å². The third kappa shape index (κ3) is 15.5. The minimum atomic E-state index is -3.79. The summed E-state index contributed by atoms with van der Waals surface area (Å²) in [6.07, 6.45) is 1.47. The van der Waals surface area contributed by atoms with E-state index in [2.05, 4.69) is 30.2 Å². The van der Waals surface area contributed by atoms with Gasteiger partial charge in [0, 0.05) is 23.0 Å². The molecule has 5 aromatic carbocycles. The van der Waals surface area contributed by atoms with Gasteiger partial charge in [0.1, 0.15) is 39.9 Å². The second-order valence-electron chi connectivity index (χ2n) is 11.8. The predicted molar refractivity (Wildman–Crippen MR) is 209 cm³/mol. The quantitative estimate of drug-likeness (QED) is 0.0322. The Hall–Kier alpha value is -6.92. The number of aromatic carboxylic acids is 4. The molecule has 0 saturated heterocycles. The van der Waals surface area contributed by atoms with Crippen LogP contribution in [0, 0.1) is 0 Å². The normalized spacial score (nSPS) is 10.5. The van der Waals surface area contributed by atoms with E-state index in [9.17, 15) is 53.1 Å². The number of aromatic hydroxyl groups is 4. The van der Waals surface area contributed by atoms with Crippen LogP contribution in [-0.2, 0) is 10.0 Å². The van der Waals surface area contributed by atoms with Crippen LogP contribution in [0.3, 0.4) is 0 Å². The molecule has 0 spiro atoms. The number of carbonyl (C=O) groups excluding carboxylic acids is 2. The molecule has 0 aliphatic carbocycles. The van der Waals surface area contributed by atoms with Gasteiger partial charge in [0.2, 0.25) is 0 Å². The van der Waals surface area contributed by atoms with Gasteiger partial charge in [-0.1, -0.05) is 6.07 Å². The summed E-state index contributed by atoms with van der Waals surface area (Å²) in [4.78, 5) is 46.8. The van der Waals surface area contributed by atoms with Crippen molar-refractivity contribution in [2.24, 2.45) is 20.5 Å². The van der Waals surface area contributed by atoms with Gasteiger partial charge in [0.15, 0.2) is 0 Å². The van der Waals surface area contributed by atoms with E-state index in [-0.39, 0.29) is 110 Å². The number of carboxylic acid groups (broad SMARTS) is 4. The first-order valence-electron chi connectivity index (χ1n) is 16.7. The number of carbonyl (C=O) groups is 4. The fourth-order valence-electron chi connectivity index (χ4n) is 4.52. The first-order chi connectivity index (χ1) is 28.8. The van der Waals surface area contributed by atoms with Crippen molar-refractivity contribution in [1.29, 1.82) is 0 Å². The van der Waals surface area contributed by atoms with Crippen LogP contribution < -0.4 is 79.8 Å². The number of carboxylic acids is 4. The standard InChI is InChI=1S/C18H14N4O5S.C14H10N2O6.C7H7NO3.2Na/c23-16-9-6-13(11-15(16)18(24)25)21-20-12-4-7-14(8-5-12)28(26,27)22-17-3-1-2-10-19-17;17-11-3-1-7(5-9(11)13(19)20)15-16-8-2-4-12(18)10(6-8)14(21)22;8-4-1-2-6(9)5(3-4)7(10)11;;/h1-11,23H,(H,19,22)(H,24,25);1-6,17-18H,(H,19,20)(H,21,22);1-3,9H,8H2,(H,10,11);;/q;;;2*+1/p-2/b;16-15+;;;. The fraction of sp³-hybridized carbons (Fsp3) is 0. The zero-order valence-corrected chi connectivity index (χ0v) is 37.5. The molecule has 24 heteroatoms. The van der Waals surface area contributed by atoms with Gasteiger partial charge in [-0.3, -0.25) is 4.72 Å². The molecule has 312 valence electrons. The van der Waals surface area contributed by atoms with Crippen molar-refractivity contribution >= 4 is 68.2 Å². The second kappa shape index (κ2) is 23.9. The average molecular weight is 898 g/mol. The number of hydrogen-bond acceptors (Lipinski definition) is 18. The number of nitrogen functional groups attached to an aromatic ring is 1. The van der Waals surface area contributed by atoms with Gasteiger partial charge in [-0.25, -0.2) is 23.0 Å². The number of nitrogens with one attached hydrogen (secondary N) is 1. The monoisotopic (exact) mass is 897 g/mol. The molecule has 0 aliphatic rings. The summed E-state index contributed by atoms with van der Waals surface area (Å²) in [7, 11) is -3.79. The summed E-state index contributed by atoms with van der Waals surface area (Å²) >= 11 is 0. The van der Waals surface area contributed by atoms with Crippen LogP contribution >= 0.6 is 0 Å². The SMILES string of the molecule is Nc1ccc(O)c(C(=O)O)c1.O=C(O)c1cc(N=Nc2ccc(S(=O)(=O)Nc3ccccn3)cc2)ccc1O.O=C([O-])c1cc(/N=N/c2ccc(O)c(C(=O)[O-])c2)ccc1O.[Na+].[Na+]. The van der Waals surface area contributed by atoms with Crippen molar-refractivity contribution in [3.8, 4) is 23.0 Å². The molecule has 21 nitrogen and oxygen atoms in total. The van der Waals surface area contributed by atoms with Crippen LogP contribution in [0.1, 0.15) is 41.4 Å². The number of hydrogen-bond donors (Lipinski definition) is 8. The van der Waals surface area contributed by atoms with Gasteiger partial charge in [-0.15, -0.1) is 0 Å². The maximum absolute atomic E-state index is 12.3. The average Bonchev–Trinajstić information content (AvgIpc) is 3.22. The second-order valence-corrected chi connectivity index (χ2v) is 13.5. The smallest absolute Gasteiger partial charge is 0.545 e. The molecule has 0 bridgehead atoms. The molecule has 6 aromatic rings. The Morgan fingerprint density at radius 3 is 1.32 bits per heavy atom. The summed E-state index contributed by atoms with van der Waals surface area (Å²) in [6.45, 7) is 0. The molecule has 0 fully saturated rings. The van der Waals surface area contributed by atoms with Crippen LogP contribution in [0.5, 0.6) is 23.0 Å². The van der Waals surface area contributed by atoms with Crippen molar-refractivity contribution in [2.45, 2.75) is 4.90 Å². The van der Waals surface area contributed by atoms with Crippen molar-refractivity contribution in [3.05, 3.63) is 144 Å². The van der Waals surface area contributed by atoms with Crippen LogP contribution in [0.25, 0.3) is 0 Å². The van der Waals surface area contributed by atoms with Gasteiger partial charge >= 0.3 is 71.1 Å². The number of nitrogens with two attached hydrogens (primary N) is 1. The van der Waals surface area contributed by atoms with Gasteiger partial charge in [0.25, 0.3) is 10.0 Å². The number of nitrogens with zero attached hydrogens (tertiary/aromatic N) is 5. The molecule has 1 heterocycles. The van der Waals surface area contributed by atoms with Crippen molar-refractivity contribution in [2.75, 3.05) is 10.5 Å². The Morgan fingerprint density at radius 2 is 0.921 bits per heavy atom. The van der Waals surface area contributed by atoms with E-state index in [0.29, 0.717) is 11.4 Å². The molecule has 0 atom stereocenters. The summed E-state index contributed by atoms with van der Waals surface area (Å²) < 4.78 is 27.0. The largest absolute Gasteiger partial charge is 1.00 e. The molecule has 0 saturated carbocycles. The van der Waals surface area contributed by atoms with E-state index in [1.165, 1.54) is 85.1 Å². The summed E-state index contributed by atoms with van der Waals surface area (Å²) in [5.74, 6) is -7.00. The third-order valence-corrected chi connectivity index (χ3v) is 8.85. The fourth-order valence-corrected chi connectivity index (χ4v) is 5.53. The van der Waals surface area contributed by atoms with E-state index in [4.69, 9.17) is 21.1 Å². The van der Waals surface area contributed by atoms with Crippen LogP contribution in [-0.4, -0.2) is 67.9 Å². The molecule has 1 aromatic heterocycles. The number of aromatic nitrogens is 1. The Labute approximate surface area is 400 Å². The molecule has 9 N–H and O–H groups in total. The molecular weight excluding hydrogens is 869 g/mol. The van der Waals surface area contributed by atoms with Gasteiger partial charge < -0.3 is 56.2 Å². The van der Waals surface area contributed by atoms with Crippen LogP contribution in [0.4, 0.5) is 34.3 Å². The number of pyridine rings is 1. The van der Waals surface area contributed by atoms with Gasteiger partial charge in [-0.2, -0.15) is 20.5 Å². The molecule has 0 aliphatic heterocycles.